The highest BCUT2D eigenvalue weighted by atomic mass is 32.2. The Hall–Kier alpha value is -2.45. The SMILES string of the molecule is CC1=C(Cc2ccccc2F)CN(c2ccc(S(=O)(=O)N3CCCCC3)cn2)N1. The van der Waals surface area contributed by atoms with Gasteiger partial charge in [0.2, 0.25) is 10.0 Å². The monoisotopic (exact) mass is 416 g/mol. The van der Waals surface area contributed by atoms with Crippen molar-refractivity contribution >= 4 is 15.8 Å². The smallest absolute Gasteiger partial charge is 0.244 e. The van der Waals surface area contributed by atoms with Gasteiger partial charge in [-0.2, -0.15) is 4.31 Å². The van der Waals surface area contributed by atoms with Gasteiger partial charge in [0, 0.05) is 31.4 Å². The van der Waals surface area contributed by atoms with Crippen molar-refractivity contribution in [2.45, 2.75) is 37.5 Å². The largest absolute Gasteiger partial charge is 0.301 e. The molecule has 0 atom stereocenters. The van der Waals surface area contributed by atoms with Gasteiger partial charge in [0.25, 0.3) is 0 Å². The summed E-state index contributed by atoms with van der Waals surface area (Å²) in [6, 6.07) is 10.1. The van der Waals surface area contributed by atoms with E-state index in [9.17, 15) is 12.8 Å². The lowest BCUT2D eigenvalue weighted by Crippen LogP contribution is -2.36. The first kappa shape index (κ1) is 19.8. The number of hydrazine groups is 1. The maximum Gasteiger partial charge on any atom is 0.244 e. The highest BCUT2D eigenvalue weighted by molar-refractivity contribution is 7.89. The molecule has 1 fully saturated rings. The summed E-state index contributed by atoms with van der Waals surface area (Å²) in [5.41, 5.74) is 5.93. The predicted molar refractivity (Wildman–Crippen MR) is 110 cm³/mol. The quantitative estimate of drug-likeness (QED) is 0.811. The average molecular weight is 417 g/mol. The molecule has 2 aliphatic rings. The fourth-order valence-electron chi connectivity index (χ4n) is 3.77. The molecular formula is C21H25FN4O2S. The van der Waals surface area contributed by atoms with Crippen molar-refractivity contribution < 1.29 is 12.8 Å². The van der Waals surface area contributed by atoms with Gasteiger partial charge in [-0.15, -0.1) is 0 Å². The molecule has 1 aromatic carbocycles. The first-order valence-corrected chi connectivity index (χ1v) is 11.3. The number of rotatable bonds is 5. The van der Waals surface area contributed by atoms with Crippen molar-refractivity contribution in [3.8, 4) is 0 Å². The van der Waals surface area contributed by atoms with Crippen molar-refractivity contribution in [1.82, 2.24) is 14.7 Å². The summed E-state index contributed by atoms with van der Waals surface area (Å²) in [7, 11) is -3.49. The zero-order chi connectivity index (χ0) is 20.4. The normalized spacial score (nSPS) is 18.2. The van der Waals surface area contributed by atoms with Crippen molar-refractivity contribution in [3.63, 3.8) is 0 Å². The lowest BCUT2D eigenvalue weighted by molar-refractivity contribution is 0.346. The molecule has 0 amide bonds. The van der Waals surface area contributed by atoms with Gasteiger partial charge in [-0.25, -0.2) is 17.8 Å². The van der Waals surface area contributed by atoms with Crippen LogP contribution in [0, 0.1) is 5.82 Å². The van der Waals surface area contributed by atoms with Crippen LogP contribution in [0.5, 0.6) is 0 Å². The van der Waals surface area contributed by atoms with Gasteiger partial charge in [0.05, 0.1) is 6.54 Å². The maximum atomic E-state index is 14.0. The number of pyridine rings is 1. The molecule has 6 nitrogen and oxygen atoms in total. The zero-order valence-corrected chi connectivity index (χ0v) is 17.3. The Labute approximate surface area is 171 Å². The van der Waals surface area contributed by atoms with E-state index in [4.69, 9.17) is 0 Å². The van der Waals surface area contributed by atoms with Crippen LogP contribution in [0.25, 0.3) is 0 Å². The third-order valence-electron chi connectivity index (χ3n) is 5.49. The second-order valence-electron chi connectivity index (χ2n) is 7.51. The molecule has 4 rings (SSSR count). The van der Waals surface area contributed by atoms with Crippen LogP contribution >= 0.6 is 0 Å². The van der Waals surface area contributed by atoms with Crippen LogP contribution in [0.15, 0.2) is 58.8 Å². The van der Waals surface area contributed by atoms with Crippen LogP contribution in [-0.2, 0) is 16.4 Å². The Morgan fingerprint density at radius 2 is 1.86 bits per heavy atom. The minimum absolute atomic E-state index is 0.211. The van der Waals surface area contributed by atoms with Gasteiger partial charge in [-0.1, -0.05) is 24.6 Å². The summed E-state index contributed by atoms with van der Waals surface area (Å²) in [6.45, 7) is 3.65. The summed E-state index contributed by atoms with van der Waals surface area (Å²) < 4.78 is 41.1. The Balaban J connectivity index is 1.46. The second-order valence-corrected chi connectivity index (χ2v) is 9.45. The number of nitrogens with one attached hydrogen (secondary N) is 1. The predicted octanol–water partition coefficient (Wildman–Crippen LogP) is 3.24. The Morgan fingerprint density at radius 1 is 1.10 bits per heavy atom. The molecule has 0 aliphatic carbocycles. The van der Waals surface area contributed by atoms with Crippen molar-refractivity contribution in [3.05, 3.63) is 65.2 Å². The van der Waals surface area contributed by atoms with E-state index in [1.165, 1.54) is 12.3 Å². The van der Waals surface area contributed by atoms with E-state index in [0.717, 1.165) is 30.5 Å². The minimum atomic E-state index is -3.49. The van der Waals surface area contributed by atoms with E-state index in [1.807, 2.05) is 18.0 Å². The Kier molecular flexibility index (Phi) is 5.56. The summed E-state index contributed by atoms with van der Waals surface area (Å²) >= 11 is 0. The van der Waals surface area contributed by atoms with Crippen LogP contribution < -0.4 is 10.4 Å². The highest BCUT2D eigenvalue weighted by Gasteiger charge is 2.27. The number of nitrogens with zero attached hydrogens (tertiary/aromatic N) is 3. The summed E-state index contributed by atoms with van der Waals surface area (Å²) in [6.07, 6.45) is 4.82. The molecule has 1 aromatic heterocycles. The maximum absolute atomic E-state index is 14.0. The zero-order valence-electron chi connectivity index (χ0n) is 16.4. The van der Waals surface area contributed by atoms with Gasteiger partial charge in [0.15, 0.2) is 0 Å². The van der Waals surface area contributed by atoms with Crippen LogP contribution in [-0.4, -0.2) is 37.3 Å². The molecule has 2 aromatic rings. The van der Waals surface area contributed by atoms with E-state index < -0.39 is 10.0 Å². The minimum Gasteiger partial charge on any atom is -0.301 e. The first-order chi connectivity index (χ1) is 13.9. The molecule has 1 N–H and O–H groups in total. The molecule has 29 heavy (non-hydrogen) atoms. The molecule has 8 heteroatoms. The number of hydrogen-bond acceptors (Lipinski definition) is 5. The number of benzene rings is 1. The molecule has 0 spiro atoms. The molecule has 0 saturated carbocycles. The number of hydrogen-bond donors (Lipinski definition) is 1. The van der Waals surface area contributed by atoms with E-state index >= 15 is 0 Å². The standard InChI is InChI=1S/C21H25FN4O2S/c1-16-18(13-17-7-3-4-8-20(17)22)15-26(24-16)21-10-9-19(14-23-21)29(27,28)25-11-5-2-6-12-25/h3-4,7-10,14,24H,2,5-6,11-13,15H2,1H3. The molecule has 154 valence electrons. The molecule has 2 aliphatic heterocycles. The highest BCUT2D eigenvalue weighted by Crippen LogP contribution is 2.25. The lowest BCUT2D eigenvalue weighted by atomic mass is 10.0. The molecule has 0 radical (unpaired) electrons. The molecular weight excluding hydrogens is 391 g/mol. The van der Waals surface area contributed by atoms with E-state index in [-0.39, 0.29) is 10.7 Å². The van der Waals surface area contributed by atoms with E-state index in [0.29, 0.717) is 37.4 Å². The summed E-state index contributed by atoms with van der Waals surface area (Å²) in [4.78, 5) is 4.59. The van der Waals surface area contributed by atoms with Gasteiger partial charge in [-0.05, 0) is 49.1 Å². The van der Waals surface area contributed by atoms with Crippen molar-refractivity contribution in [2.24, 2.45) is 0 Å². The number of piperidine rings is 1. The molecule has 0 unspecified atom stereocenters. The molecule has 1 saturated heterocycles. The van der Waals surface area contributed by atoms with Crippen molar-refractivity contribution in [2.75, 3.05) is 24.6 Å². The third-order valence-corrected chi connectivity index (χ3v) is 7.38. The van der Waals surface area contributed by atoms with Crippen LogP contribution in [0.3, 0.4) is 0 Å². The number of aromatic nitrogens is 1. The fourth-order valence-corrected chi connectivity index (χ4v) is 5.23. The van der Waals surface area contributed by atoms with E-state index in [1.54, 1.807) is 28.6 Å². The fraction of sp³-hybridized carbons (Fsp3) is 0.381. The summed E-state index contributed by atoms with van der Waals surface area (Å²) in [5.74, 6) is 0.419. The Morgan fingerprint density at radius 3 is 2.55 bits per heavy atom. The first-order valence-electron chi connectivity index (χ1n) is 9.87. The topological polar surface area (TPSA) is 65.5 Å². The van der Waals surface area contributed by atoms with Crippen LogP contribution in [0.1, 0.15) is 31.7 Å². The lowest BCUT2D eigenvalue weighted by Gasteiger charge is -2.26. The molecule has 0 bridgehead atoms. The van der Waals surface area contributed by atoms with Crippen LogP contribution in [0.4, 0.5) is 10.2 Å². The second kappa shape index (κ2) is 8.12. The summed E-state index contributed by atoms with van der Waals surface area (Å²) in [5, 5.41) is 1.85. The van der Waals surface area contributed by atoms with Crippen molar-refractivity contribution in [1.29, 1.82) is 0 Å². The number of allylic oxidation sites excluding steroid dienone is 1. The number of halogens is 1. The Bertz CT molecular complexity index is 1020. The third kappa shape index (κ3) is 4.13. The van der Waals surface area contributed by atoms with Gasteiger partial charge < -0.3 is 5.43 Å². The van der Waals surface area contributed by atoms with Gasteiger partial charge in [0.1, 0.15) is 16.5 Å². The van der Waals surface area contributed by atoms with Crippen LogP contribution in [0.2, 0.25) is 0 Å². The van der Waals surface area contributed by atoms with Gasteiger partial charge >= 0.3 is 0 Å². The number of sulfonamides is 1. The van der Waals surface area contributed by atoms with Gasteiger partial charge in [-0.3, -0.25) is 5.01 Å². The van der Waals surface area contributed by atoms with E-state index in [2.05, 4.69) is 10.4 Å². The number of anilines is 1. The average Bonchev–Trinajstić information content (AvgIpc) is 3.11. The molecule has 3 heterocycles.